The zero-order valence-electron chi connectivity index (χ0n) is 18.4. The van der Waals surface area contributed by atoms with Gasteiger partial charge >= 0.3 is 0 Å². The van der Waals surface area contributed by atoms with E-state index in [-0.39, 0.29) is 18.1 Å². The van der Waals surface area contributed by atoms with Crippen LogP contribution in [-0.2, 0) is 11.3 Å². The van der Waals surface area contributed by atoms with Crippen LogP contribution in [0.15, 0.2) is 60.8 Å². The maximum Gasteiger partial charge on any atom is 0.261 e. The number of hydrogen-bond acceptors (Lipinski definition) is 5. The molecule has 164 valence electrons. The van der Waals surface area contributed by atoms with E-state index in [1.807, 2.05) is 38.2 Å². The smallest absolute Gasteiger partial charge is 0.261 e. The maximum absolute atomic E-state index is 13.0. The summed E-state index contributed by atoms with van der Waals surface area (Å²) in [7, 11) is 0. The number of nitrogens with one attached hydrogen (secondary N) is 1. The summed E-state index contributed by atoms with van der Waals surface area (Å²) in [5.74, 6) is -0.0166. The predicted octanol–water partition coefficient (Wildman–Crippen LogP) is 5.16. The minimum Gasteiger partial charge on any atom is -0.371 e. The van der Waals surface area contributed by atoms with E-state index in [2.05, 4.69) is 51.6 Å². The number of thiophene rings is 1. The van der Waals surface area contributed by atoms with Gasteiger partial charge < -0.3 is 10.1 Å². The number of carbonyl (C=O) groups excluding carboxylic acids is 1. The molecule has 32 heavy (non-hydrogen) atoms. The predicted molar refractivity (Wildman–Crippen MR) is 130 cm³/mol. The lowest BCUT2D eigenvalue weighted by molar-refractivity contribution is -0.0322. The third-order valence-corrected chi connectivity index (χ3v) is 7.05. The molecule has 0 spiro atoms. The molecule has 6 heteroatoms. The lowest BCUT2D eigenvalue weighted by atomic mass is 10.0. The first kappa shape index (κ1) is 21.1. The highest BCUT2D eigenvalue weighted by molar-refractivity contribution is 7.21. The molecular formula is C26H27N3O2S. The van der Waals surface area contributed by atoms with Crippen molar-refractivity contribution in [2.75, 3.05) is 19.7 Å². The van der Waals surface area contributed by atoms with Crippen molar-refractivity contribution in [1.29, 1.82) is 0 Å². The molecule has 1 fully saturated rings. The summed E-state index contributed by atoms with van der Waals surface area (Å²) in [5.41, 5.74) is 3.31. The van der Waals surface area contributed by atoms with Crippen LogP contribution in [0.5, 0.6) is 0 Å². The first-order valence-corrected chi connectivity index (χ1v) is 11.9. The van der Waals surface area contributed by atoms with Crippen LogP contribution in [-0.4, -0.2) is 41.5 Å². The Bertz CT molecular complexity index is 1260. The SMILES string of the molecule is CC(C)NC(=O)c1sc2ccccc2c1C1CN(Cc2cccc3ncccc23)CCO1. The van der Waals surface area contributed by atoms with Crippen LogP contribution in [0.4, 0.5) is 0 Å². The summed E-state index contributed by atoms with van der Waals surface area (Å²) in [5, 5.41) is 5.37. The van der Waals surface area contributed by atoms with Crippen LogP contribution in [0.2, 0.25) is 0 Å². The molecule has 1 aliphatic rings. The average molecular weight is 446 g/mol. The Balaban J connectivity index is 1.46. The molecule has 4 aromatic rings. The van der Waals surface area contributed by atoms with Gasteiger partial charge in [0.25, 0.3) is 5.91 Å². The van der Waals surface area contributed by atoms with E-state index in [1.54, 1.807) is 11.3 Å². The largest absolute Gasteiger partial charge is 0.371 e. The second-order valence-electron chi connectivity index (χ2n) is 8.55. The molecule has 1 amide bonds. The van der Waals surface area contributed by atoms with Gasteiger partial charge in [0.2, 0.25) is 0 Å². The molecule has 0 bridgehead atoms. The number of nitrogens with zero attached hydrogens (tertiary/aromatic N) is 2. The number of fused-ring (bicyclic) bond motifs is 2. The molecule has 0 saturated carbocycles. The van der Waals surface area contributed by atoms with E-state index in [4.69, 9.17) is 4.74 Å². The molecule has 1 saturated heterocycles. The molecule has 1 unspecified atom stereocenters. The Hall–Kier alpha value is -2.80. The van der Waals surface area contributed by atoms with Gasteiger partial charge in [0, 0.05) is 47.5 Å². The quantitative estimate of drug-likeness (QED) is 0.461. The number of pyridine rings is 1. The van der Waals surface area contributed by atoms with E-state index < -0.39 is 0 Å². The minimum absolute atomic E-state index is 0.0166. The number of carbonyl (C=O) groups is 1. The molecule has 1 atom stereocenters. The second-order valence-corrected chi connectivity index (χ2v) is 9.60. The van der Waals surface area contributed by atoms with Gasteiger partial charge in [-0.2, -0.15) is 0 Å². The molecule has 0 aliphatic carbocycles. The van der Waals surface area contributed by atoms with Gasteiger partial charge in [-0.3, -0.25) is 14.7 Å². The fraction of sp³-hybridized carbons (Fsp3) is 0.308. The van der Waals surface area contributed by atoms with E-state index in [0.717, 1.165) is 45.7 Å². The third kappa shape index (κ3) is 4.13. The van der Waals surface area contributed by atoms with Crippen LogP contribution in [0.1, 0.15) is 40.8 Å². The van der Waals surface area contributed by atoms with Crippen molar-refractivity contribution in [3.8, 4) is 0 Å². The van der Waals surface area contributed by atoms with E-state index in [1.165, 1.54) is 10.9 Å². The Morgan fingerprint density at radius 3 is 2.88 bits per heavy atom. The van der Waals surface area contributed by atoms with Gasteiger partial charge in [0.15, 0.2) is 0 Å². The van der Waals surface area contributed by atoms with E-state index in [9.17, 15) is 4.79 Å². The number of amides is 1. The average Bonchev–Trinajstić information content (AvgIpc) is 3.19. The highest BCUT2D eigenvalue weighted by atomic mass is 32.1. The summed E-state index contributed by atoms with van der Waals surface area (Å²) in [6.45, 7) is 7.06. The van der Waals surface area contributed by atoms with Crippen LogP contribution in [0.25, 0.3) is 21.0 Å². The van der Waals surface area contributed by atoms with Crippen molar-refractivity contribution in [2.24, 2.45) is 0 Å². The van der Waals surface area contributed by atoms with Crippen LogP contribution >= 0.6 is 11.3 Å². The van der Waals surface area contributed by atoms with Gasteiger partial charge in [0.1, 0.15) is 0 Å². The van der Waals surface area contributed by atoms with Crippen LogP contribution in [0.3, 0.4) is 0 Å². The van der Waals surface area contributed by atoms with Crippen molar-refractivity contribution in [3.05, 3.63) is 76.8 Å². The van der Waals surface area contributed by atoms with Crippen molar-refractivity contribution in [3.63, 3.8) is 0 Å². The molecule has 2 aromatic heterocycles. The highest BCUT2D eigenvalue weighted by Crippen LogP contribution is 2.38. The topological polar surface area (TPSA) is 54.5 Å². The van der Waals surface area contributed by atoms with Gasteiger partial charge in [-0.25, -0.2) is 0 Å². The minimum atomic E-state index is -0.138. The molecule has 2 aromatic carbocycles. The van der Waals surface area contributed by atoms with Gasteiger partial charge in [-0.05, 0) is 43.0 Å². The summed E-state index contributed by atoms with van der Waals surface area (Å²) < 4.78 is 7.38. The number of morpholine rings is 1. The molecule has 1 N–H and O–H groups in total. The van der Waals surface area contributed by atoms with E-state index in [0.29, 0.717) is 6.61 Å². The second kappa shape index (κ2) is 8.98. The Morgan fingerprint density at radius 1 is 1.16 bits per heavy atom. The van der Waals surface area contributed by atoms with Gasteiger partial charge in [-0.15, -0.1) is 11.3 Å². The molecule has 5 nitrogen and oxygen atoms in total. The Labute approximate surface area is 192 Å². The Kier molecular flexibility index (Phi) is 5.91. The van der Waals surface area contributed by atoms with Crippen molar-refractivity contribution >= 4 is 38.2 Å². The molecule has 5 rings (SSSR count). The van der Waals surface area contributed by atoms with Crippen molar-refractivity contribution in [2.45, 2.75) is 32.5 Å². The number of rotatable bonds is 5. The fourth-order valence-corrected chi connectivity index (χ4v) is 5.61. The summed E-state index contributed by atoms with van der Waals surface area (Å²) >= 11 is 1.56. The zero-order valence-corrected chi connectivity index (χ0v) is 19.2. The molecule has 3 heterocycles. The number of hydrogen-bond donors (Lipinski definition) is 1. The molecular weight excluding hydrogens is 418 g/mol. The Morgan fingerprint density at radius 2 is 2.00 bits per heavy atom. The molecule has 1 aliphatic heterocycles. The summed E-state index contributed by atoms with van der Waals surface area (Å²) in [6.07, 6.45) is 1.70. The number of ether oxygens (including phenoxy) is 1. The first-order valence-electron chi connectivity index (χ1n) is 11.1. The standard InChI is InChI=1S/C26H27N3O2S/c1-17(2)28-26(30)25-24(20-8-3-4-11-23(20)32-25)22-16-29(13-14-31-22)15-18-7-5-10-21-19(18)9-6-12-27-21/h3-12,17,22H,13-16H2,1-2H3,(H,28,30). The van der Waals surface area contributed by atoms with Crippen molar-refractivity contribution < 1.29 is 9.53 Å². The van der Waals surface area contributed by atoms with Crippen LogP contribution < -0.4 is 5.32 Å². The first-order chi connectivity index (χ1) is 15.6. The van der Waals surface area contributed by atoms with Gasteiger partial charge in [-0.1, -0.05) is 36.4 Å². The number of benzene rings is 2. The highest BCUT2D eigenvalue weighted by Gasteiger charge is 2.30. The lowest BCUT2D eigenvalue weighted by Gasteiger charge is -2.33. The third-order valence-electron chi connectivity index (χ3n) is 5.86. The molecule has 0 radical (unpaired) electrons. The normalized spacial score (nSPS) is 17.3. The van der Waals surface area contributed by atoms with Crippen LogP contribution in [0, 0.1) is 0 Å². The lowest BCUT2D eigenvalue weighted by Crippen LogP contribution is -2.38. The zero-order chi connectivity index (χ0) is 22.1. The fourth-order valence-electron chi connectivity index (χ4n) is 4.45. The van der Waals surface area contributed by atoms with Gasteiger partial charge in [0.05, 0.1) is 23.1 Å². The maximum atomic E-state index is 13.0. The summed E-state index contributed by atoms with van der Waals surface area (Å²) in [6, 6.07) is 18.8. The summed E-state index contributed by atoms with van der Waals surface area (Å²) in [4.78, 5) is 20.7. The number of aromatic nitrogens is 1. The van der Waals surface area contributed by atoms with Crippen molar-refractivity contribution in [1.82, 2.24) is 15.2 Å². The monoisotopic (exact) mass is 445 g/mol. The van der Waals surface area contributed by atoms with E-state index >= 15 is 0 Å².